The van der Waals surface area contributed by atoms with Crippen molar-refractivity contribution in [1.82, 2.24) is 0 Å². The van der Waals surface area contributed by atoms with Crippen molar-refractivity contribution in [3.63, 3.8) is 0 Å². The molecule has 152 valence electrons. The number of hydrogen-bond acceptors (Lipinski definition) is 7. The Hall–Kier alpha value is -2.58. The van der Waals surface area contributed by atoms with Gasteiger partial charge in [0, 0.05) is 18.9 Å². The summed E-state index contributed by atoms with van der Waals surface area (Å²) in [5.41, 5.74) is 2.42. The summed E-state index contributed by atoms with van der Waals surface area (Å²) in [7, 11) is 0. The number of benzene rings is 2. The normalized spacial score (nSPS) is 28.0. The molecule has 0 radical (unpaired) electrons. The third kappa shape index (κ3) is 5.07. The summed E-state index contributed by atoms with van der Waals surface area (Å²) >= 11 is 0. The molecule has 0 aliphatic carbocycles. The van der Waals surface area contributed by atoms with Gasteiger partial charge in [-0.3, -0.25) is 0 Å². The van der Waals surface area contributed by atoms with Gasteiger partial charge in [-0.15, -0.1) is 0 Å². The molecule has 0 unspecified atom stereocenters. The maximum atomic E-state index is 11.2. The standard InChI is InChI=1S/C22H23NO6/c1-15(24)29-23-18-12-19-20(14-26-21(27-19)17-10-6-3-7-11-17)28-22(18)25-13-16-8-4-2-5-9-16/h2-11,19-22H,12-14H2,1H3/b23-18-/t19-,20+,21-,22-/m0/s1. The summed E-state index contributed by atoms with van der Waals surface area (Å²) in [6.07, 6.45) is -1.37. The van der Waals surface area contributed by atoms with Crippen LogP contribution in [-0.2, 0) is 35.2 Å². The molecule has 0 saturated carbocycles. The van der Waals surface area contributed by atoms with Gasteiger partial charge >= 0.3 is 5.97 Å². The lowest BCUT2D eigenvalue weighted by Crippen LogP contribution is -2.52. The minimum absolute atomic E-state index is 0.278. The molecule has 29 heavy (non-hydrogen) atoms. The van der Waals surface area contributed by atoms with Crippen LogP contribution in [0.25, 0.3) is 0 Å². The predicted molar refractivity (Wildman–Crippen MR) is 104 cm³/mol. The molecule has 4 rings (SSSR count). The molecular weight excluding hydrogens is 374 g/mol. The van der Waals surface area contributed by atoms with E-state index in [-0.39, 0.29) is 12.2 Å². The highest BCUT2D eigenvalue weighted by molar-refractivity contribution is 5.89. The Kier molecular flexibility index (Phi) is 6.31. The molecule has 4 atom stereocenters. The van der Waals surface area contributed by atoms with E-state index in [0.717, 1.165) is 11.1 Å². The van der Waals surface area contributed by atoms with Gasteiger partial charge in [-0.1, -0.05) is 65.8 Å². The molecule has 0 bridgehead atoms. The van der Waals surface area contributed by atoms with E-state index >= 15 is 0 Å². The van der Waals surface area contributed by atoms with Crippen molar-refractivity contribution in [2.24, 2.45) is 5.16 Å². The van der Waals surface area contributed by atoms with Crippen LogP contribution in [-0.4, -0.2) is 36.8 Å². The molecule has 0 N–H and O–H groups in total. The zero-order valence-corrected chi connectivity index (χ0v) is 16.1. The SMILES string of the molecule is CC(=O)O/N=C1/C[C@@H]2O[C@@H](c3ccccc3)OC[C@H]2O[C@@H]1OCc1ccccc1. The van der Waals surface area contributed by atoms with E-state index in [4.69, 9.17) is 23.8 Å². The van der Waals surface area contributed by atoms with Crippen LogP contribution in [0.15, 0.2) is 65.8 Å². The molecule has 2 aromatic rings. The van der Waals surface area contributed by atoms with Gasteiger partial charge < -0.3 is 23.8 Å². The highest BCUT2D eigenvalue weighted by Crippen LogP contribution is 2.33. The third-order valence-corrected chi connectivity index (χ3v) is 4.71. The van der Waals surface area contributed by atoms with E-state index in [9.17, 15) is 4.79 Å². The lowest BCUT2D eigenvalue weighted by molar-refractivity contribution is -0.294. The molecule has 2 fully saturated rings. The van der Waals surface area contributed by atoms with Crippen LogP contribution < -0.4 is 0 Å². The van der Waals surface area contributed by atoms with Crippen LogP contribution in [0.2, 0.25) is 0 Å². The quantitative estimate of drug-likeness (QED) is 0.569. The van der Waals surface area contributed by atoms with E-state index in [1.54, 1.807) is 0 Å². The largest absolute Gasteiger partial charge is 0.346 e. The Labute approximate surface area is 169 Å². The van der Waals surface area contributed by atoms with Crippen LogP contribution in [0.5, 0.6) is 0 Å². The highest BCUT2D eigenvalue weighted by atomic mass is 16.7. The van der Waals surface area contributed by atoms with E-state index in [1.165, 1.54) is 6.92 Å². The lowest BCUT2D eigenvalue weighted by atomic mass is 10.0. The average molecular weight is 397 g/mol. The number of fused-ring (bicyclic) bond motifs is 1. The first kappa shape index (κ1) is 19.7. The van der Waals surface area contributed by atoms with E-state index in [0.29, 0.717) is 25.3 Å². The van der Waals surface area contributed by atoms with Crippen molar-refractivity contribution in [2.45, 2.75) is 44.7 Å². The number of oxime groups is 1. The predicted octanol–water partition coefficient (Wildman–Crippen LogP) is 3.35. The fraction of sp³-hybridized carbons (Fsp3) is 0.364. The van der Waals surface area contributed by atoms with E-state index < -0.39 is 18.5 Å². The molecule has 0 spiro atoms. The fourth-order valence-corrected chi connectivity index (χ4v) is 3.29. The van der Waals surface area contributed by atoms with Gasteiger partial charge in [-0.05, 0) is 5.56 Å². The Bertz CT molecular complexity index is 841. The Morgan fingerprint density at radius 3 is 2.48 bits per heavy atom. The number of rotatable bonds is 5. The highest BCUT2D eigenvalue weighted by Gasteiger charge is 2.42. The maximum Gasteiger partial charge on any atom is 0.331 e. The molecule has 2 aliphatic rings. The van der Waals surface area contributed by atoms with Crippen molar-refractivity contribution in [2.75, 3.05) is 6.61 Å². The summed E-state index contributed by atoms with van der Waals surface area (Å²) in [5, 5.41) is 3.96. The zero-order valence-electron chi connectivity index (χ0n) is 16.1. The van der Waals surface area contributed by atoms with Crippen molar-refractivity contribution < 1.29 is 28.6 Å². The fourth-order valence-electron chi connectivity index (χ4n) is 3.29. The van der Waals surface area contributed by atoms with Crippen LogP contribution in [0.1, 0.15) is 30.8 Å². The summed E-state index contributed by atoms with van der Waals surface area (Å²) in [6.45, 7) is 2.01. The number of carbonyl (C=O) groups excluding carboxylic acids is 1. The minimum Gasteiger partial charge on any atom is -0.346 e. The molecule has 7 nitrogen and oxygen atoms in total. The van der Waals surface area contributed by atoms with Gasteiger partial charge in [0.15, 0.2) is 6.29 Å². The maximum absolute atomic E-state index is 11.2. The van der Waals surface area contributed by atoms with Crippen molar-refractivity contribution >= 4 is 11.7 Å². The summed E-state index contributed by atoms with van der Waals surface area (Å²) < 4.78 is 23.9. The zero-order chi connectivity index (χ0) is 20.1. The summed E-state index contributed by atoms with van der Waals surface area (Å²) in [6, 6.07) is 19.5. The first-order valence-corrected chi connectivity index (χ1v) is 9.56. The molecule has 0 amide bonds. The second kappa shape index (κ2) is 9.28. The van der Waals surface area contributed by atoms with Crippen molar-refractivity contribution in [1.29, 1.82) is 0 Å². The smallest absolute Gasteiger partial charge is 0.331 e. The van der Waals surface area contributed by atoms with Gasteiger partial charge in [0.2, 0.25) is 6.29 Å². The second-order valence-corrected chi connectivity index (χ2v) is 6.92. The van der Waals surface area contributed by atoms with E-state index in [1.807, 2.05) is 60.7 Å². The third-order valence-electron chi connectivity index (χ3n) is 4.71. The van der Waals surface area contributed by atoms with Crippen molar-refractivity contribution in [3.05, 3.63) is 71.8 Å². The molecule has 2 aromatic carbocycles. The van der Waals surface area contributed by atoms with Crippen LogP contribution in [0, 0.1) is 0 Å². The lowest BCUT2D eigenvalue weighted by Gasteiger charge is -2.41. The number of hydrogen-bond donors (Lipinski definition) is 0. The summed E-state index contributed by atoms with van der Waals surface area (Å²) in [4.78, 5) is 16.1. The second-order valence-electron chi connectivity index (χ2n) is 6.92. The monoisotopic (exact) mass is 397 g/mol. The Morgan fingerprint density at radius 2 is 1.76 bits per heavy atom. The van der Waals surface area contributed by atoms with Gasteiger partial charge in [-0.2, -0.15) is 0 Å². The minimum atomic E-state index is -0.740. The topological polar surface area (TPSA) is 75.6 Å². The van der Waals surface area contributed by atoms with Crippen LogP contribution in [0.3, 0.4) is 0 Å². The molecule has 2 heterocycles. The van der Waals surface area contributed by atoms with Gasteiger partial charge in [0.05, 0.1) is 19.3 Å². The number of nitrogens with zero attached hydrogens (tertiary/aromatic N) is 1. The van der Waals surface area contributed by atoms with Gasteiger partial charge in [0.25, 0.3) is 0 Å². The first-order chi connectivity index (χ1) is 14.2. The Morgan fingerprint density at radius 1 is 1.03 bits per heavy atom. The van der Waals surface area contributed by atoms with E-state index in [2.05, 4.69) is 5.16 Å². The molecule has 7 heteroatoms. The number of carbonyl (C=O) groups is 1. The van der Waals surface area contributed by atoms with Crippen LogP contribution >= 0.6 is 0 Å². The van der Waals surface area contributed by atoms with Crippen molar-refractivity contribution in [3.8, 4) is 0 Å². The molecular formula is C22H23NO6. The molecule has 2 aliphatic heterocycles. The Balaban J connectivity index is 1.45. The van der Waals surface area contributed by atoms with Crippen LogP contribution in [0.4, 0.5) is 0 Å². The molecule has 2 saturated heterocycles. The average Bonchev–Trinajstić information content (AvgIpc) is 2.77. The van der Waals surface area contributed by atoms with Gasteiger partial charge in [-0.25, -0.2) is 4.79 Å². The molecule has 0 aromatic heterocycles. The van der Waals surface area contributed by atoms with Gasteiger partial charge in [0.1, 0.15) is 11.8 Å². The first-order valence-electron chi connectivity index (χ1n) is 9.56. The summed E-state index contributed by atoms with van der Waals surface area (Å²) in [5.74, 6) is -0.503. The number of ether oxygens (including phenoxy) is 4.